The van der Waals surface area contributed by atoms with Gasteiger partial charge < -0.3 is 14.4 Å². The maximum absolute atomic E-state index is 14.0. The Morgan fingerprint density at radius 3 is 2.49 bits per heavy atom. The van der Waals surface area contributed by atoms with Gasteiger partial charge in [0.25, 0.3) is 11.5 Å². The molecule has 1 aliphatic rings. The minimum absolute atomic E-state index is 0.135. The highest BCUT2D eigenvalue weighted by Crippen LogP contribution is 2.36. The number of likely N-dealkylation sites (N-methyl/N-ethyl adjacent to an activating group) is 1. The highest BCUT2D eigenvalue weighted by Gasteiger charge is 2.35. The fraction of sp³-hybridized carbons (Fsp3) is 0.242. The molecule has 0 unspecified atom stereocenters. The van der Waals surface area contributed by atoms with E-state index in [0.717, 1.165) is 16.7 Å². The summed E-state index contributed by atoms with van der Waals surface area (Å²) in [5.41, 5.74) is 3.52. The second-order valence-electron chi connectivity index (χ2n) is 9.65. The lowest BCUT2D eigenvalue weighted by molar-refractivity contribution is -0.127. The van der Waals surface area contributed by atoms with Gasteiger partial charge >= 0.3 is 0 Å². The number of rotatable bonds is 9. The van der Waals surface area contributed by atoms with Crippen LogP contribution in [-0.2, 0) is 11.4 Å². The van der Waals surface area contributed by atoms with Gasteiger partial charge in [-0.15, -0.1) is 0 Å². The van der Waals surface area contributed by atoms with Crippen molar-refractivity contribution in [2.45, 2.75) is 33.4 Å². The molecule has 0 radical (unpaired) electrons. The quantitative estimate of drug-likeness (QED) is 0.294. The molecule has 41 heavy (non-hydrogen) atoms. The molecule has 0 bridgehead atoms. The number of amides is 1. The summed E-state index contributed by atoms with van der Waals surface area (Å²) in [6, 6.07) is 24.5. The highest BCUT2D eigenvalue weighted by atomic mass is 32.1. The van der Waals surface area contributed by atoms with Crippen LogP contribution in [0.4, 0.5) is 0 Å². The Morgan fingerprint density at radius 2 is 1.76 bits per heavy atom. The Kier molecular flexibility index (Phi) is 8.50. The highest BCUT2D eigenvalue weighted by molar-refractivity contribution is 7.07. The van der Waals surface area contributed by atoms with E-state index in [2.05, 4.69) is 0 Å². The molecule has 0 saturated heterocycles. The molecule has 0 saturated carbocycles. The Balaban J connectivity index is 1.60. The monoisotopic (exact) mass is 567 g/mol. The lowest BCUT2D eigenvalue weighted by Gasteiger charge is -2.29. The van der Waals surface area contributed by atoms with E-state index in [4.69, 9.17) is 14.5 Å². The standard InChI is InChI=1S/C33H33N3O4S/c1-5-35(6-2)32(38)29-22(3)34-33-36(30(29)26-17-10-11-18-27(26)39-4)31(37)28(41-33)20-24-15-12-16-25(19-24)40-21-23-13-8-7-9-14-23/h7-20,30H,5-6,21H2,1-4H3/b28-20+/t30-/m1/s1. The fourth-order valence-electron chi connectivity index (χ4n) is 5.05. The Morgan fingerprint density at radius 1 is 1.02 bits per heavy atom. The Hall–Kier alpha value is -4.43. The molecule has 8 heteroatoms. The van der Waals surface area contributed by atoms with Gasteiger partial charge in [0.05, 0.1) is 22.9 Å². The van der Waals surface area contributed by atoms with Gasteiger partial charge in [0.1, 0.15) is 24.1 Å². The van der Waals surface area contributed by atoms with E-state index in [9.17, 15) is 9.59 Å². The van der Waals surface area contributed by atoms with Crippen LogP contribution in [0.15, 0.2) is 99.9 Å². The first-order valence-corrected chi connectivity index (χ1v) is 14.5. The summed E-state index contributed by atoms with van der Waals surface area (Å²) >= 11 is 1.31. The molecule has 7 nitrogen and oxygen atoms in total. The zero-order valence-electron chi connectivity index (χ0n) is 23.7. The van der Waals surface area contributed by atoms with E-state index in [1.807, 2.05) is 106 Å². The van der Waals surface area contributed by atoms with E-state index in [1.54, 1.807) is 16.6 Å². The molecule has 0 spiro atoms. The number of hydrogen-bond donors (Lipinski definition) is 0. The first kappa shape index (κ1) is 28.1. The first-order chi connectivity index (χ1) is 19.9. The summed E-state index contributed by atoms with van der Waals surface area (Å²) in [7, 11) is 1.60. The molecule has 0 fully saturated rings. The van der Waals surface area contributed by atoms with Gasteiger partial charge in [-0.25, -0.2) is 4.99 Å². The number of methoxy groups -OCH3 is 1. The average Bonchev–Trinajstić information content (AvgIpc) is 3.30. The summed E-state index contributed by atoms with van der Waals surface area (Å²) in [5.74, 6) is 1.19. The van der Waals surface area contributed by atoms with Crippen molar-refractivity contribution in [1.29, 1.82) is 0 Å². The van der Waals surface area contributed by atoms with Crippen LogP contribution in [-0.4, -0.2) is 35.6 Å². The van der Waals surface area contributed by atoms with Crippen molar-refractivity contribution in [2.24, 2.45) is 4.99 Å². The van der Waals surface area contributed by atoms with Crippen molar-refractivity contribution in [2.75, 3.05) is 20.2 Å². The minimum atomic E-state index is -0.668. The SMILES string of the molecule is CCN(CC)C(=O)C1=C(C)N=c2s/c(=C/c3cccc(OCc4ccccc4)c3)c(=O)n2[C@@H]1c1ccccc1OC. The first-order valence-electron chi connectivity index (χ1n) is 13.7. The summed E-state index contributed by atoms with van der Waals surface area (Å²) in [6.45, 7) is 7.29. The van der Waals surface area contributed by atoms with E-state index in [0.29, 0.717) is 51.8 Å². The largest absolute Gasteiger partial charge is 0.496 e. The minimum Gasteiger partial charge on any atom is -0.496 e. The number of carbonyl (C=O) groups is 1. The number of allylic oxidation sites excluding steroid dienone is 1. The predicted octanol–water partition coefficient (Wildman–Crippen LogP) is 4.69. The number of para-hydroxylation sites is 1. The number of hydrogen-bond acceptors (Lipinski definition) is 6. The fourth-order valence-corrected chi connectivity index (χ4v) is 6.10. The number of fused-ring (bicyclic) bond motifs is 1. The van der Waals surface area contributed by atoms with Gasteiger partial charge in [0.2, 0.25) is 0 Å². The lowest BCUT2D eigenvalue weighted by Crippen LogP contribution is -2.43. The van der Waals surface area contributed by atoms with Crippen molar-refractivity contribution in [3.05, 3.63) is 127 Å². The molecule has 1 aliphatic heterocycles. The number of benzene rings is 3. The molecule has 4 aromatic rings. The van der Waals surface area contributed by atoms with E-state index < -0.39 is 6.04 Å². The number of ether oxygens (including phenoxy) is 2. The van der Waals surface area contributed by atoms with E-state index in [-0.39, 0.29) is 11.5 Å². The smallest absolute Gasteiger partial charge is 0.271 e. The van der Waals surface area contributed by atoms with Crippen LogP contribution >= 0.6 is 11.3 Å². The molecule has 0 N–H and O–H groups in total. The molecular formula is C33H33N3O4S. The molecule has 1 aromatic heterocycles. The van der Waals surface area contributed by atoms with Crippen LogP contribution < -0.4 is 24.4 Å². The van der Waals surface area contributed by atoms with Gasteiger partial charge in [-0.3, -0.25) is 14.2 Å². The third-order valence-electron chi connectivity index (χ3n) is 7.14. The van der Waals surface area contributed by atoms with Gasteiger partial charge in [0.15, 0.2) is 4.80 Å². The van der Waals surface area contributed by atoms with Crippen LogP contribution in [0.2, 0.25) is 0 Å². The second-order valence-corrected chi connectivity index (χ2v) is 10.7. The maximum atomic E-state index is 14.0. The second kappa shape index (κ2) is 12.4. The molecular weight excluding hydrogens is 534 g/mol. The van der Waals surface area contributed by atoms with E-state index >= 15 is 0 Å². The van der Waals surface area contributed by atoms with Crippen LogP contribution in [0.25, 0.3) is 6.08 Å². The van der Waals surface area contributed by atoms with Crippen LogP contribution in [0.1, 0.15) is 43.5 Å². The van der Waals surface area contributed by atoms with Crippen LogP contribution in [0.5, 0.6) is 11.5 Å². The lowest BCUT2D eigenvalue weighted by atomic mass is 9.94. The van der Waals surface area contributed by atoms with Crippen molar-refractivity contribution >= 4 is 23.3 Å². The number of carbonyl (C=O) groups excluding carboxylic acids is 1. The van der Waals surface area contributed by atoms with Gasteiger partial charge in [-0.1, -0.05) is 72.0 Å². The molecule has 2 heterocycles. The molecule has 210 valence electrons. The molecule has 3 aromatic carbocycles. The zero-order valence-corrected chi connectivity index (χ0v) is 24.5. The third-order valence-corrected chi connectivity index (χ3v) is 8.12. The number of thiazole rings is 1. The third kappa shape index (κ3) is 5.74. The van der Waals surface area contributed by atoms with Crippen LogP contribution in [0.3, 0.4) is 0 Å². The topological polar surface area (TPSA) is 73.1 Å². The Labute approximate surface area is 243 Å². The molecule has 1 amide bonds. The van der Waals surface area contributed by atoms with Crippen LogP contribution in [0, 0.1) is 0 Å². The van der Waals surface area contributed by atoms with Crippen molar-refractivity contribution in [1.82, 2.24) is 9.47 Å². The average molecular weight is 568 g/mol. The predicted molar refractivity (Wildman–Crippen MR) is 162 cm³/mol. The maximum Gasteiger partial charge on any atom is 0.271 e. The normalized spacial score (nSPS) is 14.8. The van der Waals surface area contributed by atoms with Gasteiger partial charge in [0, 0.05) is 18.7 Å². The van der Waals surface area contributed by atoms with Crippen molar-refractivity contribution < 1.29 is 14.3 Å². The van der Waals surface area contributed by atoms with Gasteiger partial charge in [-0.2, -0.15) is 0 Å². The van der Waals surface area contributed by atoms with Crippen molar-refractivity contribution in [3.8, 4) is 11.5 Å². The molecule has 0 aliphatic carbocycles. The number of aromatic nitrogens is 1. The summed E-state index contributed by atoms with van der Waals surface area (Å²) in [5, 5.41) is 0. The molecule has 5 rings (SSSR count). The van der Waals surface area contributed by atoms with E-state index in [1.165, 1.54) is 11.3 Å². The Bertz CT molecular complexity index is 1770. The van der Waals surface area contributed by atoms with Crippen molar-refractivity contribution in [3.63, 3.8) is 0 Å². The molecule has 1 atom stereocenters. The summed E-state index contributed by atoms with van der Waals surface area (Å²) in [4.78, 5) is 34.9. The summed E-state index contributed by atoms with van der Waals surface area (Å²) in [6.07, 6.45) is 1.85. The zero-order chi connectivity index (χ0) is 28.9. The number of nitrogens with zero attached hydrogens (tertiary/aromatic N) is 3. The summed E-state index contributed by atoms with van der Waals surface area (Å²) < 4.78 is 13.8. The van der Waals surface area contributed by atoms with Gasteiger partial charge in [-0.05, 0) is 56.2 Å².